The van der Waals surface area contributed by atoms with Crippen LogP contribution in [0.15, 0.2) is 41.1 Å². The summed E-state index contributed by atoms with van der Waals surface area (Å²) >= 11 is 0. The predicted octanol–water partition coefficient (Wildman–Crippen LogP) is 4.52. The number of hydrogen-bond donors (Lipinski definition) is 1. The number of aromatic hydroxyl groups is 1. The van der Waals surface area contributed by atoms with Gasteiger partial charge in [0.25, 0.3) is 0 Å². The lowest BCUT2D eigenvalue weighted by Crippen LogP contribution is -2.22. The molecule has 0 saturated heterocycles. The Morgan fingerprint density at radius 2 is 2.04 bits per heavy atom. The van der Waals surface area contributed by atoms with Gasteiger partial charge in [-0.1, -0.05) is 24.4 Å². The van der Waals surface area contributed by atoms with Crippen molar-refractivity contribution in [1.82, 2.24) is 14.9 Å². The van der Waals surface area contributed by atoms with Gasteiger partial charge in [-0.15, -0.1) is 0 Å². The summed E-state index contributed by atoms with van der Waals surface area (Å²) in [6, 6.07) is 8.42. The molecule has 2 aromatic heterocycles. The summed E-state index contributed by atoms with van der Waals surface area (Å²) < 4.78 is 20.8. The van der Waals surface area contributed by atoms with E-state index in [0.717, 1.165) is 5.69 Å². The second-order valence-corrected chi connectivity index (χ2v) is 7.13. The number of anilines is 1. The van der Waals surface area contributed by atoms with E-state index < -0.39 is 11.6 Å². The topological polar surface area (TPSA) is 67.3 Å². The number of hydrogen-bond acceptors (Lipinski definition) is 5. The molecule has 0 radical (unpaired) electrons. The molecule has 0 bridgehead atoms. The van der Waals surface area contributed by atoms with E-state index in [4.69, 9.17) is 4.52 Å². The highest BCUT2D eigenvalue weighted by atomic mass is 19.1. The van der Waals surface area contributed by atoms with Crippen LogP contribution in [0.25, 0.3) is 11.3 Å². The second kappa shape index (κ2) is 7.42. The van der Waals surface area contributed by atoms with Crippen LogP contribution in [0, 0.1) is 5.82 Å². The largest absolute Gasteiger partial charge is 0.505 e. The van der Waals surface area contributed by atoms with Crippen molar-refractivity contribution in [2.45, 2.75) is 44.7 Å². The van der Waals surface area contributed by atoms with E-state index in [1.807, 2.05) is 24.2 Å². The molecule has 0 spiro atoms. The Labute approximate surface area is 157 Å². The molecule has 2 heterocycles. The van der Waals surface area contributed by atoms with Crippen LogP contribution in [0.2, 0.25) is 0 Å². The van der Waals surface area contributed by atoms with Gasteiger partial charge in [0.15, 0.2) is 11.6 Å². The maximum absolute atomic E-state index is 13.2. The molecule has 6 nitrogen and oxygen atoms in total. The van der Waals surface area contributed by atoms with Crippen molar-refractivity contribution in [3.63, 3.8) is 0 Å². The van der Waals surface area contributed by atoms with E-state index in [2.05, 4.69) is 14.9 Å². The fraction of sp³-hybridized carbons (Fsp3) is 0.400. The summed E-state index contributed by atoms with van der Waals surface area (Å²) in [4.78, 5) is 1.97. The Morgan fingerprint density at radius 1 is 1.22 bits per heavy atom. The fourth-order valence-corrected chi connectivity index (χ4v) is 3.70. The number of rotatable bonds is 5. The molecule has 1 aliphatic carbocycles. The Morgan fingerprint density at radius 3 is 2.81 bits per heavy atom. The smallest absolute Gasteiger partial charge is 0.227 e. The summed E-state index contributed by atoms with van der Waals surface area (Å²) in [5.74, 6) is -0.456. The Kier molecular flexibility index (Phi) is 4.83. The van der Waals surface area contributed by atoms with Crippen LogP contribution in [-0.4, -0.2) is 27.1 Å². The SMILES string of the molecule is CN(Cc1ccnn1C1CCCCC1)c1cc(-c2ccc(F)c(O)c2)no1. The lowest BCUT2D eigenvalue weighted by atomic mass is 9.95. The van der Waals surface area contributed by atoms with Gasteiger partial charge in [-0.3, -0.25) is 4.68 Å². The highest BCUT2D eigenvalue weighted by Gasteiger charge is 2.20. The molecule has 1 aliphatic rings. The van der Waals surface area contributed by atoms with E-state index in [0.29, 0.717) is 29.7 Å². The average Bonchev–Trinajstić information content (AvgIpc) is 3.34. The zero-order valence-electron chi connectivity index (χ0n) is 15.3. The molecule has 3 aromatic rings. The quantitative estimate of drug-likeness (QED) is 0.715. The predicted molar refractivity (Wildman–Crippen MR) is 100 cm³/mol. The highest BCUT2D eigenvalue weighted by Crippen LogP contribution is 2.30. The van der Waals surface area contributed by atoms with E-state index in [1.165, 1.54) is 44.2 Å². The number of benzene rings is 1. The lowest BCUT2D eigenvalue weighted by Gasteiger charge is -2.25. The number of nitrogens with zero attached hydrogens (tertiary/aromatic N) is 4. The van der Waals surface area contributed by atoms with Gasteiger partial charge in [-0.05, 0) is 37.1 Å². The molecular formula is C20H23FN4O2. The Balaban J connectivity index is 1.49. The van der Waals surface area contributed by atoms with Gasteiger partial charge in [-0.2, -0.15) is 5.10 Å². The van der Waals surface area contributed by atoms with Gasteiger partial charge in [0.05, 0.1) is 18.3 Å². The number of aromatic nitrogens is 3. The van der Waals surface area contributed by atoms with Crippen LogP contribution in [0.1, 0.15) is 43.8 Å². The maximum Gasteiger partial charge on any atom is 0.227 e. The van der Waals surface area contributed by atoms with E-state index in [-0.39, 0.29) is 0 Å². The molecule has 7 heteroatoms. The minimum atomic E-state index is -0.657. The van der Waals surface area contributed by atoms with Crippen LogP contribution in [0.5, 0.6) is 5.75 Å². The third kappa shape index (κ3) is 3.67. The van der Waals surface area contributed by atoms with E-state index >= 15 is 0 Å². The van der Waals surface area contributed by atoms with Gasteiger partial charge in [0.2, 0.25) is 5.88 Å². The molecule has 0 amide bonds. The van der Waals surface area contributed by atoms with Crippen LogP contribution in [-0.2, 0) is 6.54 Å². The Hall–Kier alpha value is -2.83. The molecule has 1 aromatic carbocycles. The van der Waals surface area contributed by atoms with Gasteiger partial charge >= 0.3 is 0 Å². The van der Waals surface area contributed by atoms with Gasteiger partial charge in [0.1, 0.15) is 5.69 Å². The molecule has 1 fully saturated rings. The molecule has 27 heavy (non-hydrogen) atoms. The summed E-state index contributed by atoms with van der Waals surface area (Å²) in [5, 5.41) is 18.1. The van der Waals surface area contributed by atoms with Crippen LogP contribution in [0.3, 0.4) is 0 Å². The third-order valence-electron chi connectivity index (χ3n) is 5.19. The second-order valence-electron chi connectivity index (χ2n) is 7.13. The van der Waals surface area contributed by atoms with Crippen molar-refractivity contribution < 1.29 is 14.0 Å². The summed E-state index contributed by atoms with van der Waals surface area (Å²) in [5.41, 5.74) is 2.29. The van der Waals surface area contributed by atoms with Crippen LogP contribution >= 0.6 is 0 Å². The lowest BCUT2D eigenvalue weighted by molar-refractivity contribution is 0.321. The van der Waals surface area contributed by atoms with Gasteiger partial charge in [0, 0.05) is 24.9 Å². The van der Waals surface area contributed by atoms with Gasteiger partial charge < -0.3 is 14.5 Å². The molecule has 4 rings (SSSR count). The summed E-state index contributed by atoms with van der Waals surface area (Å²) in [6.45, 7) is 0.653. The highest BCUT2D eigenvalue weighted by molar-refractivity contribution is 5.63. The van der Waals surface area contributed by atoms with Crippen LogP contribution < -0.4 is 4.90 Å². The Bertz CT molecular complexity index is 914. The first-order valence-corrected chi connectivity index (χ1v) is 9.31. The average molecular weight is 370 g/mol. The molecule has 1 saturated carbocycles. The van der Waals surface area contributed by atoms with Crippen molar-refractivity contribution in [3.05, 3.63) is 48.0 Å². The number of phenols is 1. The maximum atomic E-state index is 13.2. The minimum Gasteiger partial charge on any atom is -0.505 e. The zero-order valence-corrected chi connectivity index (χ0v) is 15.3. The summed E-state index contributed by atoms with van der Waals surface area (Å²) in [7, 11) is 1.94. The first kappa shape index (κ1) is 17.6. The molecule has 1 N–H and O–H groups in total. The first-order chi connectivity index (χ1) is 13.1. The van der Waals surface area contributed by atoms with E-state index in [9.17, 15) is 9.50 Å². The molecule has 142 valence electrons. The fourth-order valence-electron chi connectivity index (χ4n) is 3.70. The van der Waals surface area contributed by atoms with E-state index in [1.54, 1.807) is 12.1 Å². The zero-order chi connectivity index (χ0) is 18.8. The normalized spacial score (nSPS) is 15.2. The summed E-state index contributed by atoms with van der Waals surface area (Å²) in [6.07, 6.45) is 8.04. The van der Waals surface area contributed by atoms with Crippen molar-refractivity contribution in [3.8, 4) is 17.0 Å². The monoisotopic (exact) mass is 370 g/mol. The van der Waals surface area contributed by atoms with Crippen molar-refractivity contribution in [2.75, 3.05) is 11.9 Å². The third-order valence-corrected chi connectivity index (χ3v) is 5.19. The number of phenolic OH excluding ortho intramolecular Hbond substituents is 1. The van der Waals surface area contributed by atoms with Crippen LogP contribution in [0.4, 0.5) is 10.3 Å². The van der Waals surface area contributed by atoms with Gasteiger partial charge in [-0.25, -0.2) is 4.39 Å². The standard InChI is InChI=1S/C20H23FN4O2/c1-24(13-16-9-10-22-25(16)15-5-3-2-4-6-15)20-12-18(23-27-20)14-7-8-17(21)19(26)11-14/h7-12,15,26H,2-6,13H2,1H3. The number of halogens is 1. The molecule has 0 aliphatic heterocycles. The minimum absolute atomic E-state index is 0.401. The molecular weight excluding hydrogens is 347 g/mol. The molecule has 0 atom stereocenters. The van der Waals surface area contributed by atoms with Crippen molar-refractivity contribution in [2.24, 2.45) is 0 Å². The first-order valence-electron chi connectivity index (χ1n) is 9.31. The molecule has 0 unspecified atom stereocenters. The van der Waals surface area contributed by atoms with Crippen molar-refractivity contribution in [1.29, 1.82) is 0 Å². The van der Waals surface area contributed by atoms with Crippen molar-refractivity contribution >= 4 is 5.88 Å².